The highest BCUT2D eigenvalue weighted by Crippen LogP contribution is 2.41. The third kappa shape index (κ3) is 3.07. The first-order valence-electron chi connectivity index (χ1n) is 5.93. The summed E-state index contributed by atoms with van der Waals surface area (Å²) in [5, 5.41) is 8.05. The Kier molecular flexibility index (Phi) is 4.04. The third-order valence-corrected chi connectivity index (χ3v) is 5.59. The molecule has 5 heteroatoms. The molecule has 0 aliphatic carbocycles. The van der Waals surface area contributed by atoms with E-state index >= 15 is 0 Å². The van der Waals surface area contributed by atoms with Gasteiger partial charge in [0.25, 0.3) is 0 Å². The Morgan fingerprint density at radius 2 is 2.00 bits per heavy atom. The standard InChI is InChI=1S/C12H22O4S/c1-6-8(10(13)14)17(15)9-7-11(2,3)16-12(9,4)5/h8-9H,6-7H2,1-5H3,(H,13,14). The zero-order valence-electron chi connectivity index (χ0n) is 11.1. The van der Waals surface area contributed by atoms with Crippen molar-refractivity contribution in [2.75, 3.05) is 0 Å². The van der Waals surface area contributed by atoms with Gasteiger partial charge in [0, 0.05) is 10.8 Å². The van der Waals surface area contributed by atoms with E-state index in [4.69, 9.17) is 9.84 Å². The Bertz CT molecular complexity index is 335. The van der Waals surface area contributed by atoms with E-state index in [0.29, 0.717) is 12.8 Å². The van der Waals surface area contributed by atoms with Crippen molar-refractivity contribution in [3.63, 3.8) is 0 Å². The lowest BCUT2D eigenvalue weighted by molar-refractivity contribution is -0.136. The van der Waals surface area contributed by atoms with Gasteiger partial charge in [-0.1, -0.05) is 6.92 Å². The SMILES string of the molecule is CCC(C(=O)O)S(=O)C1CC(C)(C)OC1(C)C. The molecule has 1 aliphatic rings. The van der Waals surface area contributed by atoms with E-state index in [1.807, 2.05) is 27.7 Å². The van der Waals surface area contributed by atoms with Gasteiger partial charge in [-0.25, -0.2) is 0 Å². The Morgan fingerprint density at radius 1 is 1.47 bits per heavy atom. The summed E-state index contributed by atoms with van der Waals surface area (Å²) in [5.74, 6) is -0.980. The quantitative estimate of drug-likeness (QED) is 0.841. The number of rotatable bonds is 4. The van der Waals surface area contributed by atoms with Crippen LogP contribution in [0.3, 0.4) is 0 Å². The smallest absolute Gasteiger partial charge is 0.319 e. The van der Waals surface area contributed by atoms with Gasteiger partial charge in [0.05, 0.1) is 16.5 Å². The predicted molar refractivity (Wildman–Crippen MR) is 67.5 cm³/mol. The first-order valence-corrected chi connectivity index (χ1v) is 7.20. The van der Waals surface area contributed by atoms with Gasteiger partial charge in [0.15, 0.2) is 0 Å². The van der Waals surface area contributed by atoms with Crippen LogP contribution < -0.4 is 0 Å². The Morgan fingerprint density at radius 3 is 2.29 bits per heavy atom. The van der Waals surface area contributed by atoms with Crippen molar-refractivity contribution in [2.24, 2.45) is 0 Å². The summed E-state index contributed by atoms with van der Waals surface area (Å²) in [5.41, 5.74) is -0.863. The molecule has 100 valence electrons. The van der Waals surface area contributed by atoms with E-state index in [2.05, 4.69) is 0 Å². The molecule has 1 saturated heterocycles. The molecule has 0 spiro atoms. The number of hydrogen-bond acceptors (Lipinski definition) is 3. The van der Waals surface area contributed by atoms with Crippen LogP contribution in [0.1, 0.15) is 47.5 Å². The van der Waals surface area contributed by atoms with Crippen molar-refractivity contribution in [1.82, 2.24) is 0 Å². The van der Waals surface area contributed by atoms with Crippen LogP contribution in [-0.2, 0) is 20.3 Å². The second-order valence-electron chi connectivity index (χ2n) is 5.72. The van der Waals surface area contributed by atoms with Crippen LogP contribution >= 0.6 is 0 Å². The monoisotopic (exact) mass is 262 g/mol. The van der Waals surface area contributed by atoms with Crippen LogP contribution in [0.4, 0.5) is 0 Å². The lowest BCUT2D eigenvalue weighted by Gasteiger charge is -2.28. The highest BCUT2D eigenvalue weighted by molar-refractivity contribution is 7.87. The van der Waals surface area contributed by atoms with Crippen LogP contribution in [0, 0.1) is 0 Å². The van der Waals surface area contributed by atoms with Crippen LogP contribution in [0.25, 0.3) is 0 Å². The number of ether oxygens (including phenoxy) is 1. The van der Waals surface area contributed by atoms with Gasteiger partial charge in [-0.3, -0.25) is 9.00 Å². The predicted octanol–water partition coefficient (Wildman–Crippen LogP) is 1.94. The fourth-order valence-electron chi connectivity index (χ4n) is 2.51. The topological polar surface area (TPSA) is 63.6 Å². The van der Waals surface area contributed by atoms with E-state index in [-0.39, 0.29) is 10.9 Å². The molecule has 0 saturated carbocycles. The minimum Gasteiger partial charge on any atom is -0.480 e. The van der Waals surface area contributed by atoms with Crippen LogP contribution in [-0.4, -0.2) is 37.0 Å². The molecular formula is C12H22O4S. The average molecular weight is 262 g/mol. The summed E-state index contributed by atoms with van der Waals surface area (Å²) >= 11 is 0. The Labute approximate surface area is 105 Å². The molecule has 0 amide bonds. The zero-order chi connectivity index (χ0) is 13.4. The second-order valence-corrected chi connectivity index (χ2v) is 7.52. The van der Waals surface area contributed by atoms with Gasteiger partial charge in [-0.2, -0.15) is 0 Å². The second kappa shape index (κ2) is 4.69. The molecule has 3 unspecified atom stereocenters. The Balaban J connectivity index is 2.93. The lowest BCUT2D eigenvalue weighted by atomic mass is 10.0. The van der Waals surface area contributed by atoms with Crippen LogP contribution in [0.2, 0.25) is 0 Å². The normalized spacial score (nSPS) is 29.8. The molecule has 0 aromatic carbocycles. The first-order chi connectivity index (χ1) is 7.60. The van der Waals surface area contributed by atoms with Crippen molar-refractivity contribution in [3.8, 4) is 0 Å². The Hall–Kier alpha value is -0.420. The fourth-order valence-corrected chi connectivity index (χ4v) is 4.61. The molecule has 4 nitrogen and oxygen atoms in total. The molecule has 3 atom stereocenters. The van der Waals surface area contributed by atoms with Gasteiger partial charge in [0.1, 0.15) is 5.25 Å². The zero-order valence-corrected chi connectivity index (χ0v) is 12.0. The number of carboxylic acids is 1. The summed E-state index contributed by atoms with van der Waals surface area (Å²) in [6.45, 7) is 9.43. The minimum atomic E-state index is -1.40. The molecule has 0 bridgehead atoms. The largest absolute Gasteiger partial charge is 0.480 e. The summed E-state index contributed by atoms with van der Waals surface area (Å²) in [4.78, 5) is 11.1. The molecule has 0 radical (unpaired) electrons. The molecular weight excluding hydrogens is 240 g/mol. The number of hydrogen-bond donors (Lipinski definition) is 1. The maximum Gasteiger partial charge on any atom is 0.319 e. The molecule has 0 aromatic heterocycles. The summed E-state index contributed by atoms with van der Waals surface area (Å²) in [7, 11) is -1.40. The van der Waals surface area contributed by atoms with Crippen molar-refractivity contribution in [1.29, 1.82) is 0 Å². The lowest BCUT2D eigenvalue weighted by Crippen LogP contribution is -2.41. The van der Waals surface area contributed by atoms with E-state index in [1.54, 1.807) is 6.92 Å². The highest BCUT2D eigenvalue weighted by Gasteiger charge is 2.50. The van der Waals surface area contributed by atoms with Crippen LogP contribution in [0.15, 0.2) is 0 Å². The molecule has 1 N–H and O–H groups in total. The first kappa shape index (κ1) is 14.6. The molecule has 17 heavy (non-hydrogen) atoms. The fraction of sp³-hybridized carbons (Fsp3) is 0.917. The highest BCUT2D eigenvalue weighted by atomic mass is 32.2. The number of carbonyl (C=O) groups is 1. The molecule has 1 heterocycles. The maximum absolute atomic E-state index is 12.4. The van der Waals surface area contributed by atoms with Gasteiger partial charge >= 0.3 is 5.97 Å². The average Bonchev–Trinajstić information content (AvgIpc) is 2.34. The van der Waals surface area contributed by atoms with Crippen molar-refractivity contribution in [2.45, 2.75) is 69.2 Å². The van der Waals surface area contributed by atoms with E-state index in [0.717, 1.165) is 0 Å². The van der Waals surface area contributed by atoms with E-state index < -0.39 is 27.6 Å². The van der Waals surface area contributed by atoms with Gasteiger partial charge in [-0.15, -0.1) is 0 Å². The maximum atomic E-state index is 12.4. The van der Waals surface area contributed by atoms with E-state index in [1.165, 1.54) is 0 Å². The molecule has 1 fully saturated rings. The van der Waals surface area contributed by atoms with Crippen LogP contribution in [0.5, 0.6) is 0 Å². The van der Waals surface area contributed by atoms with Gasteiger partial charge in [-0.05, 0) is 40.5 Å². The van der Waals surface area contributed by atoms with Crippen molar-refractivity contribution < 1.29 is 18.8 Å². The van der Waals surface area contributed by atoms with Gasteiger partial charge < -0.3 is 9.84 Å². The van der Waals surface area contributed by atoms with Crippen molar-refractivity contribution >= 4 is 16.8 Å². The van der Waals surface area contributed by atoms with Crippen molar-refractivity contribution in [3.05, 3.63) is 0 Å². The summed E-state index contributed by atoms with van der Waals surface area (Å²) in [6.07, 6.45) is 1.02. The molecule has 1 rings (SSSR count). The minimum absolute atomic E-state index is 0.224. The van der Waals surface area contributed by atoms with E-state index in [9.17, 15) is 9.00 Å². The number of aliphatic carboxylic acids is 1. The summed E-state index contributed by atoms with van der Waals surface area (Å²) < 4.78 is 18.2. The number of carboxylic acid groups (broad SMARTS) is 1. The molecule has 1 aliphatic heterocycles. The van der Waals surface area contributed by atoms with Gasteiger partial charge in [0.2, 0.25) is 0 Å². The third-order valence-electron chi connectivity index (χ3n) is 3.20. The summed E-state index contributed by atoms with van der Waals surface area (Å²) in [6, 6.07) is 0. The molecule has 0 aromatic rings.